The average molecular weight is 461 g/mol. The standard InChI is InChI=1S/C28H28O6/c1-4-10-25(32-16-19-13-29-19)22(7-1)28(23-8-2-5-11-26(23)33-17-20-14-30-20)24-9-3-6-12-27(24)34-18-21-15-31-21/h1-12,19-21,28H,13-18H2. The molecule has 6 nitrogen and oxygen atoms in total. The highest BCUT2D eigenvalue weighted by molar-refractivity contribution is 5.56. The molecule has 6 rings (SSSR count). The van der Waals surface area contributed by atoms with Crippen LogP contribution >= 0.6 is 0 Å². The van der Waals surface area contributed by atoms with E-state index < -0.39 is 0 Å². The molecule has 176 valence electrons. The Balaban J connectivity index is 1.41. The van der Waals surface area contributed by atoms with E-state index in [0.29, 0.717) is 19.8 Å². The summed E-state index contributed by atoms with van der Waals surface area (Å²) in [5, 5.41) is 0. The number of benzene rings is 3. The van der Waals surface area contributed by atoms with Crippen LogP contribution in [-0.2, 0) is 14.2 Å². The largest absolute Gasteiger partial charge is 0.490 e. The minimum absolute atomic E-state index is 0.149. The molecule has 3 aliphatic rings. The molecule has 3 fully saturated rings. The lowest BCUT2D eigenvalue weighted by Crippen LogP contribution is -2.14. The van der Waals surface area contributed by atoms with E-state index in [-0.39, 0.29) is 24.2 Å². The van der Waals surface area contributed by atoms with Gasteiger partial charge >= 0.3 is 0 Å². The van der Waals surface area contributed by atoms with E-state index in [1.165, 1.54) is 0 Å². The minimum atomic E-state index is -0.149. The topological polar surface area (TPSA) is 65.3 Å². The Morgan fingerprint density at radius 3 is 1.12 bits per heavy atom. The second-order valence-electron chi connectivity index (χ2n) is 8.85. The SMILES string of the molecule is c1ccc(C(c2ccccc2OCC2CO2)c2ccccc2OCC2CO2)c(OCC2CO2)c1. The summed E-state index contributed by atoms with van der Waals surface area (Å²) in [5.74, 6) is 2.36. The number of para-hydroxylation sites is 3. The predicted molar refractivity (Wildman–Crippen MR) is 126 cm³/mol. The van der Waals surface area contributed by atoms with Gasteiger partial charge in [0.2, 0.25) is 0 Å². The van der Waals surface area contributed by atoms with E-state index in [1.807, 2.05) is 54.6 Å². The van der Waals surface area contributed by atoms with Gasteiger partial charge in [0, 0.05) is 22.6 Å². The molecule has 0 bridgehead atoms. The molecule has 3 aromatic rings. The van der Waals surface area contributed by atoms with Gasteiger partial charge in [-0.25, -0.2) is 0 Å². The van der Waals surface area contributed by atoms with Crippen LogP contribution in [0.4, 0.5) is 0 Å². The fourth-order valence-corrected chi connectivity index (χ4v) is 4.09. The highest BCUT2D eigenvalue weighted by Gasteiger charge is 2.30. The van der Waals surface area contributed by atoms with Crippen molar-refractivity contribution in [1.29, 1.82) is 0 Å². The van der Waals surface area contributed by atoms with Gasteiger partial charge in [-0.15, -0.1) is 0 Å². The fraction of sp³-hybridized carbons (Fsp3) is 0.357. The molecule has 3 unspecified atom stereocenters. The highest BCUT2D eigenvalue weighted by atomic mass is 16.6. The summed E-state index contributed by atoms with van der Waals surface area (Å²) in [4.78, 5) is 0. The van der Waals surface area contributed by atoms with E-state index in [4.69, 9.17) is 28.4 Å². The molecule has 0 amide bonds. The third-order valence-corrected chi connectivity index (χ3v) is 6.17. The number of hydrogen-bond acceptors (Lipinski definition) is 6. The molecule has 0 spiro atoms. The Morgan fingerprint density at radius 1 is 0.529 bits per heavy atom. The molecule has 3 aromatic carbocycles. The Kier molecular flexibility index (Phi) is 6.10. The zero-order chi connectivity index (χ0) is 22.7. The lowest BCUT2D eigenvalue weighted by molar-refractivity contribution is 0.255. The van der Waals surface area contributed by atoms with Gasteiger partial charge in [0.25, 0.3) is 0 Å². The van der Waals surface area contributed by atoms with Crippen LogP contribution in [0.5, 0.6) is 17.2 Å². The van der Waals surface area contributed by atoms with Crippen molar-refractivity contribution in [1.82, 2.24) is 0 Å². The number of hydrogen-bond donors (Lipinski definition) is 0. The van der Waals surface area contributed by atoms with Crippen LogP contribution in [-0.4, -0.2) is 58.0 Å². The predicted octanol–water partition coefficient (Wildman–Crippen LogP) is 4.20. The maximum absolute atomic E-state index is 6.23. The van der Waals surface area contributed by atoms with E-state index in [2.05, 4.69) is 18.2 Å². The van der Waals surface area contributed by atoms with Gasteiger partial charge in [-0.1, -0.05) is 54.6 Å². The first-order valence-electron chi connectivity index (χ1n) is 11.8. The third kappa shape index (κ3) is 5.20. The average Bonchev–Trinajstić information content (AvgIpc) is 3.73. The molecular weight excluding hydrogens is 432 g/mol. The van der Waals surface area contributed by atoms with Crippen LogP contribution in [0, 0.1) is 0 Å². The third-order valence-electron chi connectivity index (χ3n) is 6.17. The van der Waals surface area contributed by atoms with Gasteiger partial charge < -0.3 is 28.4 Å². The summed E-state index contributed by atoms with van der Waals surface area (Å²) >= 11 is 0. The molecule has 0 saturated carbocycles. The Labute approximate surface area is 199 Å². The molecule has 0 radical (unpaired) electrons. The van der Waals surface area contributed by atoms with Gasteiger partial charge in [-0.2, -0.15) is 0 Å². The van der Waals surface area contributed by atoms with Crippen molar-refractivity contribution in [3.8, 4) is 17.2 Å². The summed E-state index contributed by atoms with van der Waals surface area (Å²) in [6.07, 6.45) is 0.527. The van der Waals surface area contributed by atoms with Gasteiger partial charge in [0.15, 0.2) is 0 Å². The van der Waals surface area contributed by atoms with Crippen molar-refractivity contribution in [3.05, 3.63) is 89.5 Å². The van der Waals surface area contributed by atoms with Crippen molar-refractivity contribution < 1.29 is 28.4 Å². The lowest BCUT2D eigenvalue weighted by atomic mass is 9.83. The van der Waals surface area contributed by atoms with Crippen molar-refractivity contribution >= 4 is 0 Å². The molecule has 0 aliphatic carbocycles. The van der Waals surface area contributed by atoms with E-state index in [9.17, 15) is 0 Å². The van der Waals surface area contributed by atoms with E-state index in [0.717, 1.165) is 53.8 Å². The maximum Gasteiger partial charge on any atom is 0.123 e. The molecule has 0 N–H and O–H groups in total. The second kappa shape index (κ2) is 9.66. The quantitative estimate of drug-likeness (QED) is 0.298. The summed E-state index contributed by atoms with van der Waals surface area (Å²) in [7, 11) is 0. The van der Waals surface area contributed by atoms with Crippen LogP contribution < -0.4 is 14.2 Å². The van der Waals surface area contributed by atoms with Crippen molar-refractivity contribution in [2.75, 3.05) is 39.6 Å². The molecule has 3 heterocycles. The van der Waals surface area contributed by atoms with Crippen LogP contribution in [0.3, 0.4) is 0 Å². The lowest BCUT2D eigenvalue weighted by Gasteiger charge is -2.25. The minimum Gasteiger partial charge on any atom is -0.490 e. The summed E-state index contributed by atoms with van der Waals surface area (Å²) in [5.41, 5.74) is 3.17. The summed E-state index contributed by atoms with van der Waals surface area (Å²) in [6.45, 7) is 3.89. The molecular formula is C28H28O6. The molecule has 34 heavy (non-hydrogen) atoms. The number of rotatable bonds is 12. The monoisotopic (exact) mass is 460 g/mol. The van der Waals surface area contributed by atoms with Crippen LogP contribution in [0.2, 0.25) is 0 Å². The first-order chi connectivity index (χ1) is 16.8. The number of ether oxygens (including phenoxy) is 6. The van der Waals surface area contributed by atoms with Crippen LogP contribution in [0.15, 0.2) is 72.8 Å². The van der Waals surface area contributed by atoms with Gasteiger partial charge in [-0.3, -0.25) is 0 Å². The Morgan fingerprint density at radius 2 is 0.824 bits per heavy atom. The second-order valence-corrected chi connectivity index (χ2v) is 8.85. The maximum atomic E-state index is 6.23. The molecule has 3 atom stereocenters. The first-order valence-corrected chi connectivity index (χ1v) is 11.8. The van der Waals surface area contributed by atoms with Gasteiger partial charge in [0.05, 0.1) is 19.8 Å². The van der Waals surface area contributed by atoms with Crippen LogP contribution in [0.25, 0.3) is 0 Å². The first kappa shape index (κ1) is 21.5. The van der Waals surface area contributed by atoms with E-state index in [1.54, 1.807) is 0 Å². The normalized spacial score (nSPS) is 23.1. The van der Waals surface area contributed by atoms with Gasteiger partial charge in [-0.05, 0) is 18.2 Å². The Hall–Kier alpha value is -3.06. The van der Waals surface area contributed by atoms with Crippen molar-refractivity contribution in [2.24, 2.45) is 0 Å². The zero-order valence-corrected chi connectivity index (χ0v) is 18.9. The number of epoxide rings is 3. The molecule has 3 aliphatic heterocycles. The molecule has 3 saturated heterocycles. The molecule has 0 aromatic heterocycles. The van der Waals surface area contributed by atoms with Crippen molar-refractivity contribution in [2.45, 2.75) is 24.2 Å². The van der Waals surface area contributed by atoms with Crippen molar-refractivity contribution in [3.63, 3.8) is 0 Å². The fourth-order valence-electron chi connectivity index (χ4n) is 4.09. The smallest absolute Gasteiger partial charge is 0.123 e. The Bertz CT molecular complexity index is 978. The highest BCUT2D eigenvalue weighted by Crippen LogP contribution is 2.44. The summed E-state index contributed by atoms with van der Waals surface area (Å²) < 4.78 is 34.8. The zero-order valence-electron chi connectivity index (χ0n) is 18.9. The molecule has 6 heteroatoms. The van der Waals surface area contributed by atoms with E-state index >= 15 is 0 Å². The van der Waals surface area contributed by atoms with Gasteiger partial charge in [0.1, 0.15) is 55.4 Å². The van der Waals surface area contributed by atoms with Crippen LogP contribution in [0.1, 0.15) is 22.6 Å². The summed E-state index contributed by atoms with van der Waals surface area (Å²) in [6, 6.07) is 24.6.